The predicted molar refractivity (Wildman–Crippen MR) is 84.3 cm³/mol. The zero-order valence-electron chi connectivity index (χ0n) is 12.8. The molecule has 5 rings (SSSR count). The molecule has 0 heterocycles. The van der Waals surface area contributed by atoms with Crippen molar-refractivity contribution in [1.29, 1.82) is 0 Å². The van der Waals surface area contributed by atoms with Gasteiger partial charge in [0.25, 0.3) is 0 Å². The van der Waals surface area contributed by atoms with Gasteiger partial charge in [-0.3, -0.25) is 0 Å². The Labute approximate surface area is 131 Å². The fraction of sp³-hybridized carbons (Fsp3) is 0.526. The van der Waals surface area contributed by atoms with E-state index in [0.29, 0.717) is 23.8 Å². The lowest BCUT2D eigenvalue weighted by atomic mass is 9.52. The van der Waals surface area contributed by atoms with E-state index in [1.165, 1.54) is 6.42 Å². The maximum atomic E-state index is 12.6. The molecule has 4 aliphatic carbocycles. The minimum absolute atomic E-state index is 0.269. The fourth-order valence-corrected chi connectivity index (χ4v) is 5.30. The van der Waals surface area contributed by atoms with Crippen molar-refractivity contribution in [2.24, 2.45) is 11.8 Å². The summed E-state index contributed by atoms with van der Waals surface area (Å²) >= 11 is 0. The van der Waals surface area contributed by atoms with E-state index < -0.39 is 11.2 Å². The predicted octanol–water partition coefficient (Wildman–Crippen LogP) is 3.57. The third-order valence-corrected chi connectivity index (χ3v) is 5.64. The molecule has 1 N–H and O–H groups in total. The summed E-state index contributed by atoms with van der Waals surface area (Å²) in [6.45, 7) is 3.74. The maximum Gasteiger partial charge on any atom is 0.338 e. The highest BCUT2D eigenvalue weighted by Gasteiger charge is 2.59. The molecule has 2 unspecified atom stereocenters. The van der Waals surface area contributed by atoms with Crippen LogP contribution in [0.2, 0.25) is 0 Å². The molecule has 0 amide bonds. The number of esters is 1. The van der Waals surface area contributed by atoms with Gasteiger partial charge in [-0.15, -0.1) is 0 Å². The smallest absolute Gasteiger partial charge is 0.338 e. The van der Waals surface area contributed by atoms with Crippen LogP contribution in [0.15, 0.2) is 30.8 Å². The lowest BCUT2D eigenvalue weighted by Gasteiger charge is -2.59. The Morgan fingerprint density at radius 3 is 2.64 bits per heavy atom. The summed E-state index contributed by atoms with van der Waals surface area (Å²) in [5.74, 6) is 0.756. The standard InChI is InChI=1S/C19H22O3/c1-2-13-4-3-5-16(7-13)17(20)22-19-10-14-6-15(11-19)9-18(21,8-14)12-19/h2-5,7,14-15,21H,1,6,8-12H2. The van der Waals surface area contributed by atoms with E-state index in [4.69, 9.17) is 4.74 Å². The Kier molecular flexibility index (Phi) is 2.99. The minimum atomic E-state index is -0.604. The molecule has 4 aliphatic rings. The monoisotopic (exact) mass is 298 g/mol. The molecule has 3 nitrogen and oxygen atoms in total. The summed E-state index contributed by atoms with van der Waals surface area (Å²) in [4.78, 5) is 12.6. The van der Waals surface area contributed by atoms with Crippen molar-refractivity contribution in [2.75, 3.05) is 0 Å². The van der Waals surface area contributed by atoms with E-state index >= 15 is 0 Å². The van der Waals surface area contributed by atoms with Gasteiger partial charge in [-0.25, -0.2) is 4.79 Å². The molecule has 0 aromatic heterocycles. The van der Waals surface area contributed by atoms with Crippen molar-refractivity contribution < 1.29 is 14.6 Å². The Morgan fingerprint density at radius 1 is 1.27 bits per heavy atom. The third kappa shape index (κ3) is 2.28. The van der Waals surface area contributed by atoms with Crippen LogP contribution in [0, 0.1) is 11.8 Å². The van der Waals surface area contributed by atoms with Gasteiger partial charge in [0, 0.05) is 6.42 Å². The van der Waals surface area contributed by atoms with Crippen LogP contribution in [-0.4, -0.2) is 22.3 Å². The van der Waals surface area contributed by atoms with E-state index in [9.17, 15) is 9.90 Å². The summed E-state index contributed by atoms with van der Waals surface area (Å²) < 4.78 is 5.97. The largest absolute Gasteiger partial charge is 0.455 e. The summed E-state index contributed by atoms with van der Waals surface area (Å²) in [6.07, 6.45) is 7.12. The summed E-state index contributed by atoms with van der Waals surface area (Å²) in [5, 5.41) is 10.7. The first kappa shape index (κ1) is 14.0. The molecule has 0 saturated heterocycles. The number of hydrogen-bond acceptors (Lipinski definition) is 3. The second-order valence-electron chi connectivity index (χ2n) is 7.59. The zero-order chi connectivity index (χ0) is 15.4. The van der Waals surface area contributed by atoms with Gasteiger partial charge in [0.15, 0.2) is 0 Å². The van der Waals surface area contributed by atoms with Crippen LogP contribution in [0.3, 0.4) is 0 Å². The SMILES string of the molecule is C=Cc1cccc(C(=O)OC23CC4CC(CC(O)(C4)C2)C3)c1. The molecule has 1 aromatic carbocycles. The van der Waals surface area contributed by atoms with Crippen LogP contribution < -0.4 is 0 Å². The normalized spacial score (nSPS) is 38.8. The fourth-order valence-electron chi connectivity index (χ4n) is 5.30. The first-order valence-electron chi connectivity index (χ1n) is 8.18. The van der Waals surface area contributed by atoms with Crippen molar-refractivity contribution in [3.8, 4) is 0 Å². The molecule has 0 aliphatic heterocycles. The molecule has 116 valence electrons. The Morgan fingerprint density at radius 2 is 2.00 bits per heavy atom. The summed E-state index contributed by atoms with van der Waals surface area (Å²) in [5.41, 5.74) is 0.437. The molecule has 0 spiro atoms. The van der Waals surface area contributed by atoms with Crippen LogP contribution in [0.4, 0.5) is 0 Å². The molecule has 4 saturated carbocycles. The highest BCUT2D eigenvalue weighted by atomic mass is 16.6. The van der Waals surface area contributed by atoms with Gasteiger partial charge in [0.1, 0.15) is 5.60 Å². The van der Waals surface area contributed by atoms with E-state index in [0.717, 1.165) is 31.2 Å². The van der Waals surface area contributed by atoms with Crippen LogP contribution in [-0.2, 0) is 4.74 Å². The van der Waals surface area contributed by atoms with Crippen molar-refractivity contribution in [1.82, 2.24) is 0 Å². The molecule has 4 bridgehead atoms. The Bertz CT molecular complexity index is 619. The van der Waals surface area contributed by atoms with E-state index in [2.05, 4.69) is 6.58 Å². The molecular weight excluding hydrogens is 276 g/mol. The number of ether oxygens (including phenoxy) is 1. The Hall–Kier alpha value is -1.61. The van der Waals surface area contributed by atoms with Crippen LogP contribution in [0.5, 0.6) is 0 Å². The number of benzene rings is 1. The summed E-state index contributed by atoms with van der Waals surface area (Å²) in [6, 6.07) is 7.35. The lowest BCUT2D eigenvalue weighted by Crippen LogP contribution is -2.60. The molecule has 4 fully saturated rings. The average molecular weight is 298 g/mol. The molecule has 1 aromatic rings. The molecule has 2 atom stereocenters. The molecule has 0 radical (unpaired) electrons. The van der Waals surface area contributed by atoms with Crippen LogP contribution in [0.1, 0.15) is 54.4 Å². The first-order valence-corrected chi connectivity index (χ1v) is 8.18. The number of aliphatic hydroxyl groups is 1. The van der Waals surface area contributed by atoms with Gasteiger partial charge in [0.2, 0.25) is 0 Å². The quantitative estimate of drug-likeness (QED) is 0.868. The van der Waals surface area contributed by atoms with E-state index in [1.807, 2.05) is 18.2 Å². The van der Waals surface area contributed by atoms with Crippen molar-refractivity contribution >= 4 is 12.0 Å². The van der Waals surface area contributed by atoms with Crippen molar-refractivity contribution in [3.05, 3.63) is 42.0 Å². The maximum absolute atomic E-state index is 12.6. The molecule has 3 heteroatoms. The van der Waals surface area contributed by atoms with Gasteiger partial charge < -0.3 is 9.84 Å². The highest BCUT2D eigenvalue weighted by Crippen LogP contribution is 2.58. The van der Waals surface area contributed by atoms with Gasteiger partial charge >= 0.3 is 5.97 Å². The third-order valence-electron chi connectivity index (χ3n) is 5.64. The van der Waals surface area contributed by atoms with Crippen molar-refractivity contribution in [3.63, 3.8) is 0 Å². The number of carbonyl (C=O) groups excluding carboxylic acids is 1. The number of hydrogen-bond donors (Lipinski definition) is 1. The number of rotatable bonds is 3. The van der Waals surface area contributed by atoms with E-state index in [1.54, 1.807) is 12.1 Å². The van der Waals surface area contributed by atoms with Gasteiger partial charge in [-0.05, 0) is 61.6 Å². The Balaban J connectivity index is 1.57. The average Bonchev–Trinajstić information content (AvgIpc) is 2.44. The zero-order valence-corrected chi connectivity index (χ0v) is 12.8. The van der Waals surface area contributed by atoms with Crippen molar-refractivity contribution in [2.45, 2.75) is 49.7 Å². The molecular formula is C19H22O3. The van der Waals surface area contributed by atoms with E-state index in [-0.39, 0.29) is 5.97 Å². The summed E-state index contributed by atoms with van der Waals surface area (Å²) in [7, 11) is 0. The lowest BCUT2D eigenvalue weighted by molar-refractivity contribution is -0.199. The highest BCUT2D eigenvalue weighted by molar-refractivity contribution is 5.90. The first-order chi connectivity index (χ1) is 10.5. The number of carbonyl (C=O) groups is 1. The van der Waals surface area contributed by atoms with Gasteiger partial charge in [-0.2, -0.15) is 0 Å². The molecule has 22 heavy (non-hydrogen) atoms. The van der Waals surface area contributed by atoms with Gasteiger partial charge in [0.05, 0.1) is 11.2 Å². The van der Waals surface area contributed by atoms with Gasteiger partial charge in [-0.1, -0.05) is 24.8 Å². The minimum Gasteiger partial charge on any atom is -0.455 e. The topological polar surface area (TPSA) is 46.5 Å². The second kappa shape index (κ2) is 4.69. The van der Waals surface area contributed by atoms with Crippen LogP contribution in [0.25, 0.3) is 6.08 Å². The van der Waals surface area contributed by atoms with Crippen LogP contribution >= 0.6 is 0 Å². The second-order valence-corrected chi connectivity index (χ2v) is 7.59.